The first-order valence-corrected chi connectivity index (χ1v) is 8.14. The van der Waals surface area contributed by atoms with Gasteiger partial charge in [0.15, 0.2) is 0 Å². The molecule has 3 aliphatic heterocycles. The van der Waals surface area contributed by atoms with E-state index in [2.05, 4.69) is 6.92 Å². The average molecular weight is 296 g/mol. The third kappa shape index (κ3) is 1.83. The van der Waals surface area contributed by atoms with Crippen LogP contribution in [0.2, 0.25) is 0 Å². The fourth-order valence-corrected chi connectivity index (χ4v) is 5.08. The molecule has 0 aromatic heterocycles. The summed E-state index contributed by atoms with van der Waals surface area (Å²) in [5, 5.41) is 0. The van der Waals surface area contributed by atoms with Crippen molar-refractivity contribution in [3.05, 3.63) is 0 Å². The maximum absolute atomic E-state index is 12.2. The highest BCUT2D eigenvalue weighted by Gasteiger charge is 2.63. The molecule has 0 amide bonds. The van der Waals surface area contributed by atoms with E-state index in [1.807, 2.05) is 13.8 Å². The summed E-state index contributed by atoms with van der Waals surface area (Å²) in [7, 11) is 0. The maximum atomic E-state index is 12.2. The zero-order valence-electron chi connectivity index (χ0n) is 13.0. The molecule has 0 aromatic carbocycles. The van der Waals surface area contributed by atoms with Crippen molar-refractivity contribution in [2.45, 2.75) is 58.5 Å². The first-order chi connectivity index (χ1) is 9.95. The molecule has 21 heavy (non-hydrogen) atoms. The molecule has 0 N–H and O–H groups in total. The quantitative estimate of drug-likeness (QED) is 0.508. The summed E-state index contributed by atoms with van der Waals surface area (Å²) < 4.78 is 11.7. The van der Waals surface area contributed by atoms with Crippen LogP contribution in [-0.4, -0.2) is 24.7 Å². The Kier molecular flexibility index (Phi) is 2.95. The highest BCUT2D eigenvalue weighted by molar-refractivity contribution is 5.73. The van der Waals surface area contributed by atoms with Crippen LogP contribution in [-0.2, 0) is 24.0 Å². The lowest BCUT2D eigenvalue weighted by atomic mass is 9.53. The highest BCUT2D eigenvalue weighted by Crippen LogP contribution is 2.60. The van der Waals surface area contributed by atoms with Gasteiger partial charge in [0, 0.05) is 17.8 Å². The summed E-state index contributed by atoms with van der Waals surface area (Å²) in [5.41, 5.74) is -0.00317. The fraction of sp³-hybridized carbons (Fsp3) is 0.938. The van der Waals surface area contributed by atoms with E-state index in [0.717, 1.165) is 25.7 Å². The Morgan fingerprint density at radius 3 is 2.81 bits per heavy atom. The molecule has 5 nitrogen and oxygen atoms in total. The smallest absolute Gasteiger partial charge is 0.311 e. The van der Waals surface area contributed by atoms with E-state index in [1.54, 1.807) is 0 Å². The van der Waals surface area contributed by atoms with Gasteiger partial charge in [0.1, 0.15) is 0 Å². The average Bonchev–Trinajstić information content (AvgIpc) is 2.66. The number of carbonyl (C=O) groups is 1. The molecule has 4 rings (SSSR count). The van der Waals surface area contributed by atoms with Crippen molar-refractivity contribution in [1.29, 1.82) is 0 Å². The van der Waals surface area contributed by atoms with Gasteiger partial charge in [0.25, 0.3) is 0 Å². The van der Waals surface area contributed by atoms with Crippen molar-refractivity contribution in [2.75, 3.05) is 6.61 Å². The number of carbonyl (C=O) groups excluding carboxylic acids is 1. The van der Waals surface area contributed by atoms with Gasteiger partial charge in [-0.3, -0.25) is 4.79 Å². The molecule has 7 atom stereocenters. The van der Waals surface area contributed by atoms with Crippen LogP contribution in [0.25, 0.3) is 0 Å². The van der Waals surface area contributed by atoms with Crippen molar-refractivity contribution in [3.63, 3.8) is 0 Å². The summed E-state index contributed by atoms with van der Waals surface area (Å²) in [6.45, 7) is 6.76. The summed E-state index contributed by atoms with van der Waals surface area (Å²) in [4.78, 5) is 23.2. The normalized spacial score (nSPS) is 56.1. The molecule has 118 valence electrons. The molecule has 0 aromatic rings. The first kappa shape index (κ1) is 14.0. The van der Waals surface area contributed by atoms with Crippen molar-refractivity contribution < 1.29 is 24.0 Å². The number of fused-ring (bicyclic) bond motifs is 2. The molecule has 1 saturated carbocycles. The number of esters is 1. The Morgan fingerprint density at radius 2 is 2.00 bits per heavy atom. The molecular weight excluding hydrogens is 272 g/mol. The van der Waals surface area contributed by atoms with E-state index < -0.39 is 12.1 Å². The molecule has 4 aliphatic rings. The largest absolute Gasteiger partial charge is 0.435 e. The molecule has 3 heterocycles. The van der Waals surface area contributed by atoms with Gasteiger partial charge < -0.3 is 9.47 Å². The Bertz CT molecular complexity index is 466. The maximum Gasteiger partial charge on any atom is 0.311 e. The number of hydrogen-bond acceptors (Lipinski definition) is 5. The summed E-state index contributed by atoms with van der Waals surface area (Å²) in [6, 6.07) is 0. The Balaban J connectivity index is 1.82. The van der Waals surface area contributed by atoms with Gasteiger partial charge in [-0.15, -0.1) is 0 Å². The summed E-state index contributed by atoms with van der Waals surface area (Å²) in [6.07, 6.45) is 3.50. The molecule has 3 saturated heterocycles. The Morgan fingerprint density at radius 1 is 1.19 bits per heavy atom. The SMILES string of the molecule is C[C@@H]1CCC2C3[C@H](OC(=O)[C@@H]2C)OC2(C)CCC31COO2. The van der Waals surface area contributed by atoms with Crippen LogP contribution in [0.3, 0.4) is 0 Å². The molecular formula is C16H24O5. The van der Waals surface area contributed by atoms with Gasteiger partial charge in [-0.2, -0.15) is 0 Å². The Labute approximate surface area is 125 Å². The summed E-state index contributed by atoms with van der Waals surface area (Å²) >= 11 is 0. The van der Waals surface area contributed by atoms with Crippen LogP contribution in [0.15, 0.2) is 0 Å². The second-order valence-electron chi connectivity index (χ2n) is 7.59. The van der Waals surface area contributed by atoms with Crippen LogP contribution in [0, 0.1) is 29.1 Å². The van der Waals surface area contributed by atoms with Gasteiger partial charge in [0.05, 0.1) is 12.5 Å². The van der Waals surface area contributed by atoms with E-state index >= 15 is 0 Å². The fourth-order valence-electron chi connectivity index (χ4n) is 5.08. The number of ether oxygens (including phenoxy) is 2. The van der Waals surface area contributed by atoms with Crippen molar-refractivity contribution in [1.82, 2.24) is 0 Å². The minimum Gasteiger partial charge on any atom is -0.435 e. The predicted octanol–water partition coefficient (Wildman–Crippen LogP) is 2.64. The molecule has 2 bridgehead atoms. The zero-order chi connectivity index (χ0) is 14.8. The van der Waals surface area contributed by atoms with Crippen molar-refractivity contribution in [2.24, 2.45) is 29.1 Å². The molecule has 4 unspecified atom stereocenters. The van der Waals surface area contributed by atoms with Crippen LogP contribution in [0.5, 0.6) is 0 Å². The van der Waals surface area contributed by atoms with E-state index in [-0.39, 0.29) is 23.2 Å². The summed E-state index contributed by atoms with van der Waals surface area (Å²) in [5.74, 6) is 0.0901. The van der Waals surface area contributed by atoms with Crippen molar-refractivity contribution >= 4 is 5.97 Å². The van der Waals surface area contributed by atoms with Crippen LogP contribution in [0.4, 0.5) is 0 Å². The number of rotatable bonds is 0. The molecule has 4 fully saturated rings. The van der Waals surface area contributed by atoms with E-state index in [4.69, 9.17) is 19.2 Å². The first-order valence-electron chi connectivity index (χ1n) is 8.14. The van der Waals surface area contributed by atoms with Gasteiger partial charge in [-0.1, -0.05) is 13.8 Å². The van der Waals surface area contributed by atoms with Gasteiger partial charge in [0.2, 0.25) is 12.1 Å². The molecule has 0 radical (unpaired) electrons. The topological polar surface area (TPSA) is 54.0 Å². The Hall–Kier alpha value is -0.650. The highest BCUT2D eigenvalue weighted by atomic mass is 17.2. The molecule has 1 spiro atoms. The van der Waals surface area contributed by atoms with E-state index in [1.165, 1.54) is 0 Å². The third-order valence-electron chi connectivity index (χ3n) is 6.55. The standard InChI is InChI=1S/C16H24O5/c1-9-4-5-11-10(2)13(17)19-14-12(11)16(9)7-6-15(3,20-14)21-18-8-16/h9-12,14H,4-8H2,1-3H3/t9-,10-,11?,12?,14-,15?,16?/m1/s1. The molecule has 5 heteroatoms. The minimum absolute atomic E-state index is 0.00317. The van der Waals surface area contributed by atoms with Gasteiger partial charge in [-0.05, 0) is 38.0 Å². The van der Waals surface area contributed by atoms with E-state index in [9.17, 15) is 4.79 Å². The second kappa shape index (κ2) is 4.43. The lowest BCUT2D eigenvalue weighted by molar-refractivity contribution is -0.464. The van der Waals surface area contributed by atoms with Crippen LogP contribution < -0.4 is 0 Å². The van der Waals surface area contributed by atoms with Crippen LogP contribution in [0.1, 0.15) is 46.5 Å². The minimum atomic E-state index is -0.809. The lowest BCUT2D eigenvalue weighted by Gasteiger charge is -2.55. The predicted molar refractivity (Wildman–Crippen MR) is 72.6 cm³/mol. The number of hydrogen-bond donors (Lipinski definition) is 0. The van der Waals surface area contributed by atoms with Gasteiger partial charge in [-0.25, -0.2) is 9.78 Å². The van der Waals surface area contributed by atoms with Gasteiger partial charge >= 0.3 is 5.97 Å². The van der Waals surface area contributed by atoms with Crippen LogP contribution >= 0.6 is 0 Å². The third-order valence-corrected chi connectivity index (χ3v) is 6.55. The zero-order valence-corrected chi connectivity index (χ0v) is 13.0. The van der Waals surface area contributed by atoms with E-state index in [0.29, 0.717) is 18.4 Å². The molecule has 1 aliphatic carbocycles. The monoisotopic (exact) mass is 296 g/mol. The second-order valence-corrected chi connectivity index (χ2v) is 7.59. The lowest BCUT2D eigenvalue weighted by Crippen LogP contribution is -2.59. The van der Waals surface area contributed by atoms with Crippen molar-refractivity contribution in [3.8, 4) is 0 Å².